The van der Waals surface area contributed by atoms with E-state index in [2.05, 4.69) is 0 Å². The van der Waals surface area contributed by atoms with Gasteiger partial charge in [-0.25, -0.2) is 0 Å². The average Bonchev–Trinajstić information content (AvgIpc) is 2.52. The predicted octanol–water partition coefficient (Wildman–Crippen LogP) is 2.78. The van der Waals surface area contributed by atoms with E-state index in [9.17, 15) is 28.1 Å². The summed E-state index contributed by atoms with van der Waals surface area (Å²) in [6, 6.07) is 4.00. The van der Waals surface area contributed by atoms with E-state index < -0.39 is 29.6 Å². The van der Waals surface area contributed by atoms with Crippen molar-refractivity contribution >= 4 is 11.6 Å². The summed E-state index contributed by atoms with van der Waals surface area (Å²) in [5, 5.41) is 10.8. The molecule has 6 nitrogen and oxygen atoms in total. The van der Waals surface area contributed by atoms with Crippen LogP contribution < -0.4 is 0 Å². The van der Waals surface area contributed by atoms with E-state index >= 15 is 0 Å². The van der Waals surface area contributed by atoms with Gasteiger partial charge in [0, 0.05) is 24.3 Å². The van der Waals surface area contributed by atoms with Crippen molar-refractivity contribution in [3.8, 4) is 0 Å². The van der Waals surface area contributed by atoms with Gasteiger partial charge >= 0.3 is 6.18 Å². The molecule has 1 aromatic rings. The molecule has 1 aromatic carbocycles. The van der Waals surface area contributed by atoms with Crippen LogP contribution >= 0.6 is 0 Å². The van der Waals surface area contributed by atoms with E-state index in [1.807, 2.05) is 0 Å². The number of carbonyl (C=O) groups is 1. The minimum Gasteiger partial charge on any atom is -0.379 e. The summed E-state index contributed by atoms with van der Waals surface area (Å²) < 4.78 is 43.6. The highest BCUT2D eigenvalue weighted by Gasteiger charge is 2.37. The fraction of sp³-hybridized carbons (Fsp3) is 0.500. The Labute approximate surface area is 130 Å². The quantitative estimate of drug-likeness (QED) is 0.628. The van der Waals surface area contributed by atoms with Gasteiger partial charge < -0.3 is 9.64 Å². The first-order valence-corrected chi connectivity index (χ1v) is 6.98. The van der Waals surface area contributed by atoms with Crippen LogP contribution in [0, 0.1) is 10.1 Å². The van der Waals surface area contributed by atoms with Crippen LogP contribution in [0.2, 0.25) is 0 Å². The lowest BCUT2D eigenvalue weighted by Gasteiger charge is -2.34. The van der Waals surface area contributed by atoms with Crippen molar-refractivity contribution in [3.05, 3.63) is 39.9 Å². The van der Waals surface area contributed by atoms with Gasteiger partial charge in [-0.1, -0.05) is 6.07 Å². The monoisotopic (exact) mass is 332 g/mol. The molecule has 1 fully saturated rings. The maximum atomic E-state index is 12.8. The number of halogens is 3. The highest BCUT2D eigenvalue weighted by Crippen LogP contribution is 2.24. The molecular weight excluding hydrogens is 317 g/mol. The van der Waals surface area contributed by atoms with E-state index in [1.54, 1.807) is 0 Å². The summed E-state index contributed by atoms with van der Waals surface area (Å²) >= 11 is 0. The first kappa shape index (κ1) is 17.2. The number of carbonyl (C=O) groups excluding carboxylic acids is 1. The molecule has 0 aliphatic carbocycles. The Kier molecular flexibility index (Phi) is 5.19. The third-order valence-electron chi connectivity index (χ3n) is 3.49. The van der Waals surface area contributed by atoms with Crippen molar-refractivity contribution in [3.63, 3.8) is 0 Å². The first-order valence-electron chi connectivity index (χ1n) is 6.98. The number of rotatable bonds is 4. The molecule has 126 valence electrons. The lowest BCUT2D eigenvalue weighted by atomic mass is 10.1. The average molecular weight is 332 g/mol. The van der Waals surface area contributed by atoms with Gasteiger partial charge in [0.05, 0.1) is 17.6 Å². The lowest BCUT2D eigenvalue weighted by molar-refractivity contribution is -0.384. The lowest BCUT2D eigenvalue weighted by Crippen LogP contribution is -2.49. The fourth-order valence-corrected chi connectivity index (χ4v) is 2.45. The van der Waals surface area contributed by atoms with Crippen molar-refractivity contribution in [2.75, 3.05) is 19.8 Å². The maximum Gasteiger partial charge on any atom is 0.406 e. The van der Waals surface area contributed by atoms with E-state index in [4.69, 9.17) is 4.74 Å². The molecule has 1 unspecified atom stereocenters. The Balaban J connectivity index is 2.28. The Bertz CT molecular complexity index is 586. The van der Waals surface area contributed by atoms with E-state index in [0.717, 1.165) is 6.07 Å². The molecule has 0 bridgehead atoms. The second-order valence-electron chi connectivity index (χ2n) is 5.23. The Morgan fingerprint density at radius 1 is 1.43 bits per heavy atom. The van der Waals surface area contributed by atoms with Crippen LogP contribution in [-0.4, -0.2) is 47.7 Å². The van der Waals surface area contributed by atoms with Gasteiger partial charge in [0.2, 0.25) is 0 Å². The third-order valence-corrected chi connectivity index (χ3v) is 3.49. The fourth-order valence-electron chi connectivity index (χ4n) is 2.45. The van der Waals surface area contributed by atoms with Gasteiger partial charge in [-0.15, -0.1) is 0 Å². The van der Waals surface area contributed by atoms with E-state index in [1.165, 1.54) is 18.2 Å². The van der Waals surface area contributed by atoms with Crippen molar-refractivity contribution < 1.29 is 27.6 Å². The third kappa shape index (κ3) is 4.65. The summed E-state index contributed by atoms with van der Waals surface area (Å²) in [7, 11) is 0. The van der Waals surface area contributed by atoms with Crippen molar-refractivity contribution in [2.45, 2.75) is 25.1 Å². The molecule has 0 radical (unpaired) electrons. The van der Waals surface area contributed by atoms with Crippen LogP contribution in [0.25, 0.3) is 0 Å². The second kappa shape index (κ2) is 6.95. The van der Waals surface area contributed by atoms with Crippen LogP contribution in [0.4, 0.5) is 18.9 Å². The minimum atomic E-state index is -4.56. The molecule has 1 atom stereocenters. The number of nitro groups is 1. The molecule has 23 heavy (non-hydrogen) atoms. The van der Waals surface area contributed by atoms with Crippen molar-refractivity contribution in [2.24, 2.45) is 0 Å². The Hall–Kier alpha value is -2.16. The van der Waals surface area contributed by atoms with Crippen LogP contribution in [0.15, 0.2) is 24.3 Å². The zero-order chi connectivity index (χ0) is 17.0. The van der Waals surface area contributed by atoms with Crippen LogP contribution in [0.1, 0.15) is 23.2 Å². The number of benzene rings is 1. The SMILES string of the molecule is O=C(c1cccc([N+](=O)[O-])c1)N(CC(F)(F)F)C1CCCOC1. The number of nitro benzene ring substituents is 1. The first-order chi connectivity index (χ1) is 10.8. The van der Waals surface area contributed by atoms with Gasteiger partial charge in [-0.05, 0) is 18.9 Å². The molecule has 1 saturated heterocycles. The Morgan fingerprint density at radius 2 is 2.17 bits per heavy atom. The topological polar surface area (TPSA) is 72.7 Å². The standard InChI is InChI=1S/C14H15F3N2O4/c15-14(16,17)9-18(12-5-2-6-23-8-12)13(20)10-3-1-4-11(7-10)19(21)22/h1,3-4,7,12H,2,5-6,8-9H2. The number of hydrogen-bond donors (Lipinski definition) is 0. The highest BCUT2D eigenvalue weighted by molar-refractivity contribution is 5.95. The van der Waals surface area contributed by atoms with Crippen LogP contribution in [0.5, 0.6) is 0 Å². The maximum absolute atomic E-state index is 12.8. The molecule has 1 heterocycles. The number of ether oxygens (including phenoxy) is 1. The number of non-ortho nitro benzene ring substituents is 1. The largest absolute Gasteiger partial charge is 0.406 e. The van der Waals surface area contributed by atoms with Gasteiger partial charge in [-0.3, -0.25) is 14.9 Å². The van der Waals surface area contributed by atoms with Gasteiger partial charge in [0.1, 0.15) is 6.54 Å². The summed E-state index contributed by atoms with van der Waals surface area (Å²) in [5.41, 5.74) is -0.489. The smallest absolute Gasteiger partial charge is 0.379 e. The zero-order valence-electron chi connectivity index (χ0n) is 12.1. The number of nitrogens with zero attached hydrogens (tertiary/aromatic N) is 2. The molecule has 1 aliphatic heterocycles. The molecule has 9 heteroatoms. The summed E-state index contributed by atoms with van der Waals surface area (Å²) in [5.74, 6) is -0.887. The number of amides is 1. The van der Waals surface area contributed by atoms with Crippen LogP contribution in [-0.2, 0) is 4.74 Å². The van der Waals surface area contributed by atoms with Crippen LogP contribution in [0.3, 0.4) is 0 Å². The molecule has 1 aliphatic rings. The molecule has 1 amide bonds. The summed E-state index contributed by atoms with van der Waals surface area (Å²) in [6.07, 6.45) is -3.61. The number of alkyl halides is 3. The van der Waals surface area contributed by atoms with E-state index in [0.29, 0.717) is 24.3 Å². The van der Waals surface area contributed by atoms with Crippen molar-refractivity contribution in [1.29, 1.82) is 0 Å². The van der Waals surface area contributed by atoms with Gasteiger partial charge in [0.25, 0.3) is 11.6 Å². The van der Waals surface area contributed by atoms with E-state index in [-0.39, 0.29) is 17.9 Å². The molecule has 0 spiro atoms. The molecule has 2 rings (SSSR count). The second-order valence-corrected chi connectivity index (χ2v) is 5.23. The molecular formula is C14H15F3N2O4. The van der Waals surface area contributed by atoms with Gasteiger partial charge in [0.15, 0.2) is 0 Å². The Morgan fingerprint density at radius 3 is 2.74 bits per heavy atom. The zero-order valence-corrected chi connectivity index (χ0v) is 12.1. The summed E-state index contributed by atoms with van der Waals surface area (Å²) in [4.78, 5) is 23.2. The summed E-state index contributed by atoms with van der Waals surface area (Å²) in [6.45, 7) is -0.944. The normalized spacial score (nSPS) is 18.5. The molecule has 0 N–H and O–H groups in total. The van der Waals surface area contributed by atoms with Gasteiger partial charge in [-0.2, -0.15) is 13.2 Å². The number of hydrogen-bond acceptors (Lipinski definition) is 4. The minimum absolute atomic E-state index is 0.0246. The predicted molar refractivity (Wildman–Crippen MR) is 74.0 cm³/mol. The highest BCUT2D eigenvalue weighted by atomic mass is 19.4. The molecule has 0 aromatic heterocycles. The van der Waals surface area contributed by atoms with Crippen molar-refractivity contribution in [1.82, 2.24) is 4.90 Å². The molecule has 0 saturated carbocycles.